The van der Waals surface area contributed by atoms with Gasteiger partial charge in [0.1, 0.15) is 5.75 Å². The lowest BCUT2D eigenvalue weighted by Gasteiger charge is -2.12. The summed E-state index contributed by atoms with van der Waals surface area (Å²) in [5.74, 6) is 0.710. The molecule has 0 aliphatic rings. The molecule has 0 aliphatic heterocycles. The van der Waals surface area contributed by atoms with Gasteiger partial charge in [-0.2, -0.15) is 0 Å². The van der Waals surface area contributed by atoms with Crippen molar-refractivity contribution in [3.05, 3.63) is 96.1 Å². The zero-order valence-electron chi connectivity index (χ0n) is 15.3. The molecule has 0 bridgehead atoms. The van der Waals surface area contributed by atoms with Crippen molar-refractivity contribution >= 4 is 16.6 Å². The van der Waals surface area contributed by atoms with Crippen LogP contribution in [-0.2, 0) is 6.42 Å². The number of hydrogen-bond donors (Lipinski definition) is 1. The van der Waals surface area contributed by atoms with Gasteiger partial charge in [0, 0.05) is 16.6 Å². The van der Waals surface area contributed by atoms with E-state index in [1.807, 2.05) is 12.1 Å². The smallest absolute Gasteiger partial charge is 0.115 e. The summed E-state index contributed by atoms with van der Waals surface area (Å²) >= 11 is 0. The summed E-state index contributed by atoms with van der Waals surface area (Å²) in [6.45, 7) is 2.31. The van der Waals surface area contributed by atoms with E-state index in [1.54, 1.807) is 12.1 Å². The van der Waals surface area contributed by atoms with Crippen LogP contribution in [0.25, 0.3) is 27.7 Å². The molecule has 0 fully saturated rings. The molecule has 2 aromatic carbocycles. The quantitative estimate of drug-likeness (QED) is 0.407. The third kappa shape index (κ3) is 2.65. The lowest BCUT2D eigenvalue weighted by Crippen LogP contribution is -1.98. The molecule has 1 unspecified atom stereocenters. The van der Waals surface area contributed by atoms with Crippen molar-refractivity contribution in [3.8, 4) is 16.9 Å². The van der Waals surface area contributed by atoms with E-state index in [4.69, 9.17) is 0 Å². The van der Waals surface area contributed by atoms with Crippen LogP contribution in [0.15, 0.2) is 84.9 Å². The van der Waals surface area contributed by atoms with Crippen molar-refractivity contribution < 1.29 is 5.11 Å². The summed E-state index contributed by atoms with van der Waals surface area (Å²) in [6.07, 6.45) is 1.02. The van der Waals surface area contributed by atoms with Crippen molar-refractivity contribution in [2.45, 2.75) is 19.3 Å². The summed E-state index contributed by atoms with van der Waals surface area (Å²) < 4.78 is 2.36. The molecule has 0 saturated carbocycles. The maximum atomic E-state index is 9.67. The molecule has 1 atom stereocenters. The first kappa shape index (κ1) is 16.0. The third-order valence-corrected chi connectivity index (χ3v) is 5.49. The van der Waals surface area contributed by atoms with Crippen LogP contribution >= 0.6 is 0 Å². The molecule has 2 nitrogen and oxygen atoms in total. The molecule has 0 saturated heterocycles. The fourth-order valence-corrected chi connectivity index (χ4v) is 4.19. The fourth-order valence-electron chi connectivity index (χ4n) is 4.19. The minimum Gasteiger partial charge on any atom is -0.508 e. The zero-order valence-corrected chi connectivity index (χ0v) is 15.3. The Kier molecular flexibility index (Phi) is 3.64. The number of pyridine rings is 1. The average molecular weight is 351 g/mol. The Morgan fingerprint density at radius 3 is 2.26 bits per heavy atom. The number of hydrogen-bond acceptors (Lipinski definition) is 1. The summed E-state index contributed by atoms with van der Waals surface area (Å²) in [5.41, 5.74) is 8.84. The SMILES string of the molecule is CC(Cc1ccccc1)c1cc2cccc3cc(-c4ccc(O)cc4)c1n32. The van der Waals surface area contributed by atoms with E-state index in [0.717, 1.165) is 12.0 Å². The van der Waals surface area contributed by atoms with Gasteiger partial charge in [0.25, 0.3) is 0 Å². The molecule has 3 heterocycles. The molecule has 0 amide bonds. The number of aromatic hydroxyl groups is 1. The van der Waals surface area contributed by atoms with E-state index >= 15 is 0 Å². The normalized spacial score (nSPS) is 12.8. The van der Waals surface area contributed by atoms with Gasteiger partial charge < -0.3 is 9.51 Å². The number of phenolic OH excluding ortho intramolecular Hbond substituents is 1. The molecule has 3 aromatic heterocycles. The lowest BCUT2D eigenvalue weighted by molar-refractivity contribution is 0.475. The number of phenols is 1. The summed E-state index contributed by atoms with van der Waals surface area (Å²) in [5, 5.41) is 9.67. The van der Waals surface area contributed by atoms with Gasteiger partial charge in [-0.05, 0) is 65.4 Å². The van der Waals surface area contributed by atoms with Gasteiger partial charge in [0.05, 0.1) is 5.52 Å². The van der Waals surface area contributed by atoms with Gasteiger partial charge in [-0.25, -0.2) is 0 Å². The van der Waals surface area contributed by atoms with Gasteiger partial charge in [-0.1, -0.05) is 55.5 Å². The van der Waals surface area contributed by atoms with Crippen molar-refractivity contribution in [2.75, 3.05) is 0 Å². The van der Waals surface area contributed by atoms with E-state index in [-0.39, 0.29) is 0 Å². The van der Waals surface area contributed by atoms with E-state index in [2.05, 4.69) is 72.0 Å². The van der Waals surface area contributed by atoms with Gasteiger partial charge >= 0.3 is 0 Å². The van der Waals surface area contributed by atoms with E-state index in [9.17, 15) is 5.11 Å². The van der Waals surface area contributed by atoms with Crippen LogP contribution in [-0.4, -0.2) is 9.51 Å². The maximum Gasteiger partial charge on any atom is 0.115 e. The molecule has 2 heteroatoms. The first-order valence-corrected chi connectivity index (χ1v) is 9.40. The molecular weight excluding hydrogens is 330 g/mol. The Labute approximate surface area is 158 Å². The van der Waals surface area contributed by atoms with Crippen LogP contribution < -0.4 is 0 Å². The monoisotopic (exact) mass is 351 g/mol. The lowest BCUT2D eigenvalue weighted by atomic mass is 9.92. The Hall–Kier alpha value is -3.26. The van der Waals surface area contributed by atoms with Gasteiger partial charge in [-0.15, -0.1) is 0 Å². The molecule has 132 valence electrons. The van der Waals surface area contributed by atoms with Crippen molar-refractivity contribution in [3.63, 3.8) is 0 Å². The van der Waals surface area contributed by atoms with Crippen LogP contribution in [0.3, 0.4) is 0 Å². The maximum absolute atomic E-state index is 9.67. The molecular formula is C25H21NO. The summed E-state index contributed by atoms with van der Waals surface area (Å²) in [7, 11) is 0. The van der Waals surface area contributed by atoms with E-state index in [1.165, 1.54) is 33.2 Å². The minimum absolute atomic E-state index is 0.299. The molecule has 1 N–H and O–H groups in total. The number of nitrogens with zero attached hydrogens (tertiary/aromatic N) is 1. The van der Waals surface area contributed by atoms with Gasteiger partial charge in [-0.3, -0.25) is 0 Å². The fraction of sp³-hybridized carbons (Fsp3) is 0.120. The molecule has 0 radical (unpaired) electrons. The Morgan fingerprint density at radius 2 is 1.52 bits per heavy atom. The molecule has 5 rings (SSSR count). The highest BCUT2D eigenvalue weighted by atomic mass is 16.3. The first-order chi connectivity index (χ1) is 13.2. The summed E-state index contributed by atoms with van der Waals surface area (Å²) in [6, 6.07) is 29.3. The third-order valence-electron chi connectivity index (χ3n) is 5.49. The second kappa shape index (κ2) is 6.17. The standard InChI is InChI=1S/C25H21NO/c1-17(14-18-6-3-2-4-7-18)23-15-20-8-5-9-21-16-24(25(23)26(20)21)19-10-12-22(27)13-11-19/h2-13,15-17,27H,14H2,1H3. The van der Waals surface area contributed by atoms with E-state index in [0.29, 0.717) is 11.7 Å². The summed E-state index contributed by atoms with van der Waals surface area (Å²) in [4.78, 5) is 0. The highest BCUT2D eigenvalue weighted by molar-refractivity contribution is 5.93. The van der Waals surface area contributed by atoms with Crippen LogP contribution in [0, 0.1) is 0 Å². The molecule has 0 spiro atoms. The Balaban J connectivity index is 1.69. The number of benzene rings is 2. The largest absolute Gasteiger partial charge is 0.508 e. The molecule has 27 heavy (non-hydrogen) atoms. The Morgan fingerprint density at radius 1 is 0.815 bits per heavy atom. The van der Waals surface area contributed by atoms with Crippen LogP contribution in [0.4, 0.5) is 0 Å². The van der Waals surface area contributed by atoms with Crippen LogP contribution in [0.5, 0.6) is 5.75 Å². The van der Waals surface area contributed by atoms with Crippen LogP contribution in [0.1, 0.15) is 24.0 Å². The van der Waals surface area contributed by atoms with Crippen LogP contribution in [0.2, 0.25) is 0 Å². The predicted molar refractivity (Wildman–Crippen MR) is 112 cm³/mol. The predicted octanol–water partition coefficient (Wildman–Crippen LogP) is 6.25. The minimum atomic E-state index is 0.299. The first-order valence-electron chi connectivity index (χ1n) is 9.40. The second-order valence-electron chi connectivity index (χ2n) is 7.35. The topological polar surface area (TPSA) is 24.6 Å². The number of rotatable bonds is 4. The highest BCUT2D eigenvalue weighted by Gasteiger charge is 2.20. The van der Waals surface area contributed by atoms with Crippen molar-refractivity contribution in [1.82, 2.24) is 4.40 Å². The number of aromatic nitrogens is 1. The van der Waals surface area contributed by atoms with Gasteiger partial charge in [0.2, 0.25) is 0 Å². The van der Waals surface area contributed by atoms with Gasteiger partial charge in [0.15, 0.2) is 0 Å². The van der Waals surface area contributed by atoms with E-state index < -0.39 is 0 Å². The Bertz CT molecular complexity index is 1200. The second-order valence-corrected chi connectivity index (χ2v) is 7.35. The zero-order chi connectivity index (χ0) is 18.4. The van der Waals surface area contributed by atoms with Crippen molar-refractivity contribution in [1.29, 1.82) is 0 Å². The highest BCUT2D eigenvalue weighted by Crippen LogP contribution is 2.38. The van der Waals surface area contributed by atoms with Crippen molar-refractivity contribution in [2.24, 2.45) is 0 Å². The molecule has 0 aliphatic carbocycles. The average Bonchev–Trinajstić information content (AvgIpc) is 3.26. The molecule has 5 aromatic rings.